The van der Waals surface area contributed by atoms with Crippen LogP contribution in [-0.2, 0) is 6.54 Å². The molecular formula is C19H29N5. The van der Waals surface area contributed by atoms with Crippen LogP contribution in [0, 0.1) is 5.92 Å². The number of anilines is 2. The highest BCUT2D eigenvalue weighted by molar-refractivity contribution is 5.53. The van der Waals surface area contributed by atoms with Gasteiger partial charge in [0.1, 0.15) is 12.7 Å². The first-order valence-electron chi connectivity index (χ1n) is 9.30. The first kappa shape index (κ1) is 16.8. The normalized spacial score (nSPS) is 15.3. The predicted molar refractivity (Wildman–Crippen MR) is 99.3 cm³/mol. The molecule has 1 aromatic carbocycles. The fourth-order valence-corrected chi connectivity index (χ4v) is 3.42. The zero-order chi connectivity index (χ0) is 16.5. The zero-order valence-electron chi connectivity index (χ0n) is 14.5. The lowest BCUT2D eigenvalue weighted by Crippen LogP contribution is -2.12. The van der Waals surface area contributed by atoms with Crippen molar-refractivity contribution in [3.63, 3.8) is 0 Å². The van der Waals surface area contributed by atoms with Gasteiger partial charge in [-0.05, 0) is 43.0 Å². The third kappa shape index (κ3) is 5.55. The van der Waals surface area contributed by atoms with Gasteiger partial charge in [-0.1, -0.05) is 32.1 Å². The molecule has 0 bridgehead atoms. The molecule has 2 N–H and O–H groups in total. The molecule has 0 aliphatic heterocycles. The summed E-state index contributed by atoms with van der Waals surface area (Å²) in [4.78, 5) is 3.95. The Morgan fingerprint density at radius 2 is 1.67 bits per heavy atom. The van der Waals surface area contributed by atoms with Crippen molar-refractivity contribution >= 4 is 11.4 Å². The van der Waals surface area contributed by atoms with E-state index in [4.69, 9.17) is 0 Å². The third-order valence-corrected chi connectivity index (χ3v) is 4.85. The van der Waals surface area contributed by atoms with Crippen LogP contribution in [0.4, 0.5) is 11.4 Å². The summed E-state index contributed by atoms with van der Waals surface area (Å²) in [6, 6.07) is 8.64. The Morgan fingerprint density at radius 3 is 2.33 bits per heavy atom. The summed E-state index contributed by atoms with van der Waals surface area (Å²) < 4.78 is 1.86. The summed E-state index contributed by atoms with van der Waals surface area (Å²) in [5.41, 5.74) is 2.39. The van der Waals surface area contributed by atoms with Gasteiger partial charge in [0.05, 0.1) is 0 Å². The Balaban J connectivity index is 1.31. The van der Waals surface area contributed by atoms with Crippen LogP contribution >= 0.6 is 0 Å². The molecule has 5 nitrogen and oxygen atoms in total. The van der Waals surface area contributed by atoms with Gasteiger partial charge in [0.2, 0.25) is 0 Å². The van der Waals surface area contributed by atoms with Gasteiger partial charge >= 0.3 is 0 Å². The molecule has 1 aliphatic rings. The number of hydrogen-bond acceptors (Lipinski definition) is 4. The van der Waals surface area contributed by atoms with Gasteiger partial charge in [-0.15, -0.1) is 0 Å². The molecule has 0 radical (unpaired) electrons. The van der Waals surface area contributed by atoms with E-state index in [1.807, 2.05) is 4.68 Å². The van der Waals surface area contributed by atoms with Gasteiger partial charge in [0.25, 0.3) is 0 Å². The Kier molecular flexibility index (Phi) is 6.51. The second kappa shape index (κ2) is 9.30. The summed E-state index contributed by atoms with van der Waals surface area (Å²) in [5.74, 6) is 0.942. The Hall–Kier alpha value is -2.04. The lowest BCUT2D eigenvalue weighted by atomic mass is 9.87. The van der Waals surface area contributed by atoms with E-state index in [9.17, 15) is 0 Å². The average molecular weight is 327 g/mol. The van der Waals surface area contributed by atoms with E-state index in [0.29, 0.717) is 0 Å². The maximum Gasteiger partial charge on any atom is 0.137 e. The van der Waals surface area contributed by atoms with E-state index in [-0.39, 0.29) is 0 Å². The average Bonchev–Trinajstić information content (AvgIpc) is 3.14. The Bertz CT molecular complexity index is 558. The second-order valence-corrected chi connectivity index (χ2v) is 6.74. The summed E-state index contributed by atoms with van der Waals surface area (Å²) in [7, 11) is 0. The maximum absolute atomic E-state index is 4.10. The van der Waals surface area contributed by atoms with Gasteiger partial charge in [0, 0.05) is 31.0 Å². The molecule has 0 amide bonds. The van der Waals surface area contributed by atoms with Crippen LogP contribution in [0.2, 0.25) is 0 Å². The van der Waals surface area contributed by atoms with Crippen molar-refractivity contribution in [1.82, 2.24) is 14.8 Å². The maximum atomic E-state index is 4.10. The molecule has 1 saturated carbocycles. The lowest BCUT2D eigenvalue weighted by Gasteiger charge is -2.21. The van der Waals surface area contributed by atoms with Crippen molar-refractivity contribution in [2.24, 2.45) is 5.92 Å². The summed E-state index contributed by atoms with van der Waals surface area (Å²) in [6.07, 6.45) is 12.8. The fraction of sp³-hybridized carbons (Fsp3) is 0.579. The molecule has 130 valence electrons. The molecule has 3 rings (SSSR count). The smallest absolute Gasteiger partial charge is 0.137 e. The van der Waals surface area contributed by atoms with E-state index in [1.165, 1.54) is 49.9 Å². The minimum absolute atomic E-state index is 0.897. The monoisotopic (exact) mass is 327 g/mol. The molecular weight excluding hydrogens is 298 g/mol. The van der Waals surface area contributed by atoms with Crippen LogP contribution in [-0.4, -0.2) is 27.9 Å². The SMILES string of the molecule is c1ncn(CCCNc2ccc(NCCC3CCCCC3)cc2)n1. The van der Waals surface area contributed by atoms with Crippen LogP contribution in [0.1, 0.15) is 44.9 Å². The van der Waals surface area contributed by atoms with Crippen LogP contribution < -0.4 is 10.6 Å². The van der Waals surface area contributed by atoms with E-state index in [0.717, 1.165) is 32.0 Å². The number of rotatable bonds is 9. The minimum Gasteiger partial charge on any atom is -0.385 e. The van der Waals surface area contributed by atoms with Crippen molar-refractivity contribution < 1.29 is 0 Å². The van der Waals surface area contributed by atoms with E-state index in [2.05, 4.69) is 45.0 Å². The first-order valence-corrected chi connectivity index (χ1v) is 9.30. The van der Waals surface area contributed by atoms with Gasteiger partial charge in [0.15, 0.2) is 0 Å². The number of nitrogens with zero attached hydrogens (tertiary/aromatic N) is 3. The molecule has 0 spiro atoms. The molecule has 0 atom stereocenters. The van der Waals surface area contributed by atoms with E-state index >= 15 is 0 Å². The highest BCUT2D eigenvalue weighted by Gasteiger charge is 2.12. The molecule has 2 aromatic rings. The van der Waals surface area contributed by atoms with Crippen LogP contribution in [0.15, 0.2) is 36.9 Å². The molecule has 1 aromatic heterocycles. The number of aryl methyl sites for hydroxylation is 1. The molecule has 24 heavy (non-hydrogen) atoms. The van der Waals surface area contributed by atoms with Gasteiger partial charge in [-0.25, -0.2) is 4.98 Å². The van der Waals surface area contributed by atoms with Crippen molar-refractivity contribution in [2.45, 2.75) is 51.5 Å². The van der Waals surface area contributed by atoms with Crippen molar-refractivity contribution in [3.05, 3.63) is 36.9 Å². The first-order chi connectivity index (χ1) is 11.9. The predicted octanol–water partition coefficient (Wildman–Crippen LogP) is 4.16. The third-order valence-electron chi connectivity index (χ3n) is 4.85. The molecule has 0 saturated heterocycles. The topological polar surface area (TPSA) is 54.8 Å². The number of benzene rings is 1. The highest BCUT2D eigenvalue weighted by atomic mass is 15.3. The largest absolute Gasteiger partial charge is 0.385 e. The zero-order valence-corrected chi connectivity index (χ0v) is 14.5. The Morgan fingerprint density at radius 1 is 0.958 bits per heavy atom. The quantitative estimate of drug-likeness (QED) is 0.679. The number of nitrogens with one attached hydrogen (secondary N) is 2. The molecule has 1 fully saturated rings. The van der Waals surface area contributed by atoms with Gasteiger partial charge in [-0.3, -0.25) is 4.68 Å². The number of hydrogen-bond donors (Lipinski definition) is 2. The number of aromatic nitrogens is 3. The molecule has 0 unspecified atom stereocenters. The van der Waals surface area contributed by atoms with Crippen LogP contribution in [0.5, 0.6) is 0 Å². The fourth-order valence-electron chi connectivity index (χ4n) is 3.42. The highest BCUT2D eigenvalue weighted by Crippen LogP contribution is 2.26. The minimum atomic E-state index is 0.897. The second-order valence-electron chi connectivity index (χ2n) is 6.74. The standard InChI is InChI=1S/C19H29N5/c1-2-5-17(6-3-1)11-13-22-19-9-7-18(8-10-19)21-12-4-14-24-16-20-15-23-24/h7-10,15-17,21-22H,1-6,11-14H2. The van der Waals surface area contributed by atoms with Crippen molar-refractivity contribution in [3.8, 4) is 0 Å². The van der Waals surface area contributed by atoms with Crippen molar-refractivity contribution in [1.29, 1.82) is 0 Å². The van der Waals surface area contributed by atoms with E-state index in [1.54, 1.807) is 12.7 Å². The molecule has 1 aliphatic carbocycles. The summed E-state index contributed by atoms with van der Waals surface area (Å²) in [5, 5.41) is 11.1. The summed E-state index contributed by atoms with van der Waals surface area (Å²) >= 11 is 0. The molecule has 5 heteroatoms. The van der Waals surface area contributed by atoms with Crippen LogP contribution in [0.3, 0.4) is 0 Å². The Labute approximate surface area is 144 Å². The van der Waals surface area contributed by atoms with E-state index < -0.39 is 0 Å². The van der Waals surface area contributed by atoms with Gasteiger partial charge in [-0.2, -0.15) is 5.10 Å². The van der Waals surface area contributed by atoms with Gasteiger partial charge < -0.3 is 10.6 Å². The van der Waals surface area contributed by atoms with Crippen molar-refractivity contribution in [2.75, 3.05) is 23.7 Å². The molecule has 1 heterocycles. The van der Waals surface area contributed by atoms with Crippen LogP contribution in [0.25, 0.3) is 0 Å². The lowest BCUT2D eigenvalue weighted by molar-refractivity contribution is 0.345. The summed E-state index contributed by atoms with van der Waals surface area (Å²) in [6.45, 7) is 2.93.